The Labute approximate surface area is 147 Å². The van der Waals surface area contributed by atoms with Crippen LogP contribution in [0.5, 0.6) is 0 Å². The highest BCUT2D eigenvalue weighted by atomic mass is 16.5. The zero-order valence-electron chi connectivity index (χ0n) is 14.6. The van der Waals surface area contributed by atoms with E-state index in [0.717, 1.165) is 16.3 Å². The molecule has 25 heavy (non-hydrogen) atoms. The first-order valence-electron chi connectivity index (χ1n) is 8.16. The van der Waals surface area contributed by atoms with E-state index in [1.54, 1.807) is 12.0 Å². The van der Waals surface area contributed by atoms with E-state index in [-0.39, 0.29) is 18.3 Å². The number of nitrogens with zero attached hydrogens (tertiary/aromatic N) is 1. The largest absolute Gasteiger partial charge is 0.469 e. The quantitative estimate of drug-likeness (QED) is 0.547. The number of amides is 1. The lowest BCUT2D eigenvalue weighted by Crippen LogP contribution is -2.34. The summed E-state index contributed by atoms with van der Waals surface area (Å²) in [4.78, 5) is 25.4. The molecule has 2 aromatic carbocycles. The summed E-state index contributed by atoms with van der Waals surface area (Å²) in [5, 5.41) is 2.21. The molecule has 0 radical (unpaired) electrons. The van der Waals surface area contributed by atoms with Crippen molar-refractivity contribution < 1.29 is 19.1 Å². The number of ether oxygens (including phenoxy) is 2. The first-order valence-corrected chi connectivity index (χ1v) is 8.16. The summed E-state index contributed by atoms with van der Waals surface area (Å²) >= 11 is 0. The van der Waals surface area contributed by atoms with Gasteiger partial charge < -0.3 is 14.4 Å². The lowest BCUT2D eigenvalue weighted by molar-refractivity contribution is -0.141. The molecule has 0 bridgehead atoms. The highest BCUT2D eigenvalue weighted by molar-refractivity contribution is 5.96. The lowest BCUT2D eigenvalue weighted by atomic mass is 10.0. The Bertz CT molecular complexity index is 749. The number of hydrogen-bond donors (Lipinski definition) is 0. The molecule has 5 heteroatoms. The van der Waals surface area contributed by atoms with Crippen LogP contribution in [0.3, 0.4) is 0 Å². The van der Waals surface area contributed by atoms with Crippen molar-refractivity contribution in [3.8, 4) is 0 Å². The monoisotopic (exact) mass is 341 g/mol. The van der Waals surface area contributed by atoms with Crippen LogP contribution >= 0.6 is 0 Å². The molecule has 0 spiro atoms. The minimum Gasteiger partial charge on any atom is -0.469 e. The second-order valence-electron chi connectivity index (χ2n) is 5.55. The van der Waals surface area contributed by atoms with Crippen molar-refractivity contribution in [3.63, 3.8) is 0 Å². The van der Waals surface area contributed by atoms with Gasteiger partial charge in [-0.3, -0.25) is 9.59 Å². The van der Waals surface area contributed by atoms with Crippen molar-refractivity contribution in [3.05, 3.63) is 54.1 Å². The fourth-order valence-corrected chi connectivity index (χ4v) is 2.52. The fraction of sp³-hybridized carbons (Fsp3) is 0.300. The van der Waals surface area contributed by atoms with Crippen molar-refractivity contribution in [2.45, 2.75) is 6.42 Å². The second-order valence-corrected chi connectivity index (χ2v) is 5.55. The number of benzene rings is 2. The molecule has 0 atom stereocenters. The molecule has 132 valence electrons. The molecule has 0 aliphatic heterocycles. The van der Waals surface area contributed by atoms with Crippen LogP contribution < -0.4 is 0 Å². The van der Waals surface area contributed by atoms with Crippen LogP contribution in [-0.4, -0.2) is 50.7 Å². The zero-order valence-corrected chi connectivity index (χ0v) is 14.6. The van der Waals surface area contributed by atoms with E-state index in [4.69, 9.17) is 4.74 Å². The molecule has 5 nitrogen and oxygen atoms in total. The molecule has 2 aromatic rings. The van der Waals surface area contributed by atoms with Gasteiger partial charge in [0.15, 0.2) is 0 Å². The maximum absolute atomic E-state index is 12.5. The van der Waals surface area contributed by atoms with E-state index in [0.29, 0.717) is 19.7 Å². The number of esters is 1. The topological polar surface area (TPSA) is 55.8 Å². The third-order valence-electron chi connectivity index (χ3n) is 3.92. The third kappa shape index (κ3) is 5.43. The number of hydrogen-bond acceptors (Lipinski definition) is 4. The normalized spacial score (nSPS) is 11.0. The Hall–Kier alpha value is -2.66. The van der Waals surface area contributed by atoms with Gasteiger partial charge >= 0.3 is 5.97 Å². The summed E-state index contributed by atoms with van der Waals surface area (Å²) in [7, 11) is 2.92. The molecule has 0 aliphatic carbocycles. The summed E-state index contributed by atoms with van der Waals surface area (Å²) < 4.78 is 9.68. The Kier molecular flexibility index (Phi) is 7.16. The number of rotatable bonds is 8. The maximum atomic E-state index is 12.5. The van der Waals surface area contributed by atoms with E-state index in [1.807, 2.05) is 48.5 Å². The van der Waals surface area contributed by atoms with Gasteiger partial charge in [0, 0.05) is 26.3 Å². The van der Waals surface area contributed by atoms with Gasteiger partial charge in [0.1, 0.15) is 0 Å². The van der Waals surface area contributed by atoms with Crippen LogP contribution in [0.25, 0.3) is 16.8 Å². The lowest BCUT2D eigenvalue weighted by Gasteiger charge is -2.20. The molecule has 0 saturated heterocycles. The van der Waals surface area contributed by atoms with Crippen LogP contribution in [0.15, 0.2) is 48.5 Å². The molecular weight excluding hydrogens is 318 g/mol. The molecule has 0 fully saturated rings. The summed E-state index contributed by atoms with van der Waals surface area (Å²) in [5.74, 6) is -0.498. The number of fused-ring (bicyclic) bond motifs is 1. The maximum Gasteiger partial charge on any atom is 0.307 e. The van der Waals surface area contributed by atoms with Crippen LogP contribution in [-0.2, 0) is 19.1 Å². The SMILES string of the molecule is COCCN(CCC(=O)OC)C(=O)C=Cc1cccc2ccccc12. The summed E-state index contributed by atoms with van der Waals surface area (Å²) in [6.07, 6.45) is 3.51. The standard InChI is InChI=1S/C20H23NO4/c1-24-15-14-21(13-12-20(23)25-2)19(22)11-10-17-8-5-7-16-6-3-4-9-18(16)17/h3-11H,12-15H2,1-2H3. The number of methoxy groups -OCH3 is 2. The number of carbonyl (C=O) groups excluding carboxylic acids is 2. The van der Waals surface area contributed by atoms with Crippen molar-refractivity contribution in [1.82, 2.24) is 4.90 Å². The summed E-state index contributed by atoms with van der Waals surface area (Å²) in [6, 6.07) is 14.0. The minimum atomic E-state index is -0.340. The van der Waals surface area contributed by atoms with Gasteiger partial charge in [-0.05, 0) is 22.4 Å². The molecule has 0 aliphatic rings. The summed E-state index contributed by atoms with van der Waals surface area (Å²) in [6.45, 7) is 1.13. The van der Waals surface area contributed by atoms with Crippen LogP contribution in [0.2, 0.25) is 0 Å². The van der Waals surface area contributed by atoms with Crippen molar-refractivity contribution in [2.24, 2.45) is 0 Å². The van der Waals surface area contributed by atoms with Gasteiger partial charge in [-0.1, -0.05) is 42.5 Å². The molecular formula is C20H23NO4. The smallest absolute Gasteiger partial charge is 0.307 e. The van der Waals surface area contributed by atoms with Gasteiger partial charge in [-0.15, -0.1) is 0 Å². The van der Waals surface area contributed by atoms with Crippen molar-refractivity contribution in [2.75, 3.05) is 33.9 Å². The highest BCUT2D eigenvalue weighted by Gasteiger charge is 2.12. The first-order chi connectivity index (χ1) is 12.2. The van der Waals surface area contributed by atoms with Crippen LogP contribution in [0.4, 0.5) is 0 Å². The van der Waals surface area contributed by atoms with E-state index >= 15 is 0 Å². The fourth-order valence-electron chi connectivity index (χ4n) is 2.52. The van der Waals surface area contributed by atoms with Gasteiger partial charge in [0.25, 0.3) is 0 Å². The van der Waals surface area contributed by atoms with Crippen LogP contribution in [0, 0.1) is 0 Å². The Morgan fingerprint density at radius 1 is 1.04 bits per heavy atom. The second kappa shape index (κ2) is 9.59. The molecule has 0 aromatic heterocycles. The average molecular weight is 341 g/mol. The van der Waals surface area contributed by atoms with E-state index in [9.17, 15) is 9.59 Å². The first kappa shape index (κ1) is 18.7. The van der Waals surface area contributed by atoms with E-state index in [1.165, 1.54) is 13.2 Å². The van der Waals surface area contributed by atoms with Gasteiger partial charge in [-0.2, -0.15) is 0 Å². The average Bonchev–Trinajstić information content (AvgIpc) is 2.65. The summed E-state index contributed by atoms with van der Waals surface area (Å²) in [5.41, 5.74) is 0.978. The predicted molar refractivity (Wildman–Crippen MR) is 98.1 cm³/mol. The molecule has 0 heterocycles. The van der Waals surface area contributed by atoms with E-state index in [2.05, 4.69) is 4.74 Å². The van der Waals surface area contributed by atoms with Crippen molar-refractivity contribution in [1.29, 1.82) is 0 Å². The molecule has 0 N–H and O–H groups in total. The Morgan fingerprint density at radius 3 is 2.56 bits per heavy atom. The minimum absolute atomic E-state index is 0.158. The highest BCUT2D eigenvalue weighted by Crippen LogP contribution is 2.19. The van der Waals surface area contributed by atoms with Gasteiger partial charge in [0.05, 0.1) is 20.1 Å². The van der Waals surface area contributed by atoms with Crippen molar-refractivity contribution >= 4 is 28.7 Å². The van der Waals surface area contributed by atoms with Gasteiger partial charge in [-0.25, -0.2) is 0 Å². The molecule has 1 amide bonds. The van der Waals surface area contributed by atoms with Gasteiger partial charge in [0.2, 0.25) is 5.91 Å². The third-order valence-corrected chi connectivity index (χ3v) is 3.92. The Balaban J connectivity index is 2.12. The molecule has 0 unspecified atom stereocenters. The Morgan fingerprint density at radius 2 is 1.80 bits per heavy atom. The van der Waals surface area contributed by atoms with E-state index < -0.39 is 0 Å². The molecule has 0 saturated carbocycles. The van der Waals surface area contributed by atoms with Crippen LogP contribution in [0.1, 0.15) is 12.0 Å². The molecule has 2 rings (SSSR count). The number of carbonyl (C=O) groups is 2. The predicted octanol–water partition coefficient (Wildman–Crippen LogP) is 2.89. The zero-order chi connectivity index (χ0) is 18.1.